The lowest BCUT2D eigenvalue weighted by Gasteiger charge is -2.38. The number of aliphatic hydroxyl groups is 1. The molecule has 0 saturated carbocycles. The summed E-state index contributed by atoms with van der Waals surface area (Å²) < 4.78 is 12.1. The normalized spacial score (nSPS) is 25.8. The van der Waals surface area contributed by atoms with Gasteiger partial charge in [0.2, 0.25) is 11.8 Å². The third-order valence-corrected chi connectivity index (χ3v) is 9.46. The number of halogens is 1. The number of hydrogen-bond acceptors (Lipinski definition) is 7. The fourth-order valence-electron chi connectivity index (χ4n) is 7.10. The van der Waals surface area contributed by atoms with Gasteiger partial charge in [0, 0.05) is 23.7 Å². The molecule has 5 rings (SSSR count). The summed E-state index contributed by atoms with van der Waals surface area (Å²) in [6, 6.07) is 13.5. The molecule has 10 nitrogen and oxygen atoms in total. The Kier molecular flexibility index (Phi) is 10.3. The molecule has 0 aromatic heterocycles. The Hall–Kier alpha value is -3.99. The van der Waals surface area contributed by atoms with Crippen LogP contribution < -0.4 is 10.2 Å². The number of amides is 3. The van der Waals surface area contributed by atoms with E-state index in [0.717, 1.165) is 5.56 Å². The molecule has 7 atom stereocenters. The standard InChI is InChI=1S/C35H40ClN3O7/c1-4-6-12-28(41)45-21-26(23-10-8-7-9-11-23)37-32(42)29-27-17-18-35(46-27)30(29)33(43)39(22(3)20-40)31(35)34(44)38(19-5-2)25-15-13-24(36)14-16-25/h4-5,7-11,13-16,22,26-27,29-31,40H,1-2,6,12,17-21H2,3H3,(H,37,42)/t22-,26+,27-,29+,30+,31-,35+/m1/s1. The average Bonchev–Trinajstić information content (AvgIpc) is 3.72. The summed E-state index contributed by atoms with van der Waals surface area (Å²) in [5.41, 5.74) is 0.0269. The van der Waals surface area contributed by atoms with Crippen LogP contribution >= 0.6 is 11.6 Å². The zero-order chi connectivity index (χ0) is 33.0. The van der Waals surface area contributed by atoms with Crippen LogP contribution in [0.15, 0.2) is 79.9 Å². The van der Waals surface area contributed by atoms with Crippen LogP contribution in [0.4, 0.5) is 5.69 Å². The molecule has 2 aromatic carbocycles. The smallest absolute Gasteiger partial charge is 0.306 e. The van der Waals surface area contributed by atoms with E-state index in [0.29, 0.717) is 30.0 Å². The van der Waals surface area contributed by atoms with Crippen LogP contribution in [0.25, 0.3) is 0 Å². The molecule has 3 aliphatic heterocycles. The van der Waals surface area contributed by atoms with E-state index in [1.165, 1.54) is 9.80 Å². The number of nitrogens with one attached hydrogen (secondary N) is 1. The minimum Gasteiger partial charge on any atom is -0.463 e. The molecule has 3 aliphatic rings. The minimum atomic E-state index is -1.27. The van der Waals surface area contributed by atoms with Crippen molar-refractivity contribution < 1.29 is 33.8 Å². The van der Waals surface area contributed by atoms with Crippen molar-refractivity contribution in [1.29, 1.82) is 0 Å². The Labute approximate surface area is 274 Å². The van der Waals surface area contributed by atoms with Crippen molar-refractivity contribution in [1.82, 2.24) is 10.2 Å². The number of hydrogen-bond donors (Lipinski definition) is 2. The minimum absolute atomic E-state index is 0.0971. The van der Waals surface area contributed by atoms with Gasteiger partial charge in [-0.3, -0.25) is 19.2 Å². The molecular weight excluding hydrogens is 610 g/mol. The molecule has 0 unspecified atom stereocenters. The van der Waals surface area contributed by atoms with E-state index < -0.39 is 65.4 Å². The van der Waals surface area contributed by atoms with Crippen molar-refractivity contribution in [3.8, 4) is 0 Å². The molecule has 2 bridgehead atoms. The number of ether oxygens (including phenoxy) is 2. The largest absolute Gasteiger partial charge is 0.463 e. The van der Waals surface area contributed by atoms with Crippen LogP contribution in [0.5, 0.6) is 0 Å². The van der Waals surface area contributed by atoms with Crippen molar-refractivity contribution in [2.75, 3.05) is 24.7 Å². The number of carbonyl (C=O) groups excluding carboxylic acids is 4. The van der Waals surface area contributed by atoms with Gasteiger partial charge in [-0.05, 0) is 56.0 Å². The van der Waals surface area contributed by atoms with Crippen LogP contribution in [-0.4, -0.2) is 77.2 Å². The fraction of sp³-hybridized carbons (Fsp3) is 0.429. The number of benzene rings is 2. The van der Waals surface area contributed by atoms with E-state index in [1.807, 2.05) is 30.3 Å². The highest BCUT2D eigenvalue weighted by atomic mass is 35.5. The van der Waals surface area contributed by atoms with E-state index in [2.05, 4.69) is 18.5 Å². The molecular formula is C35H40ClN3O7. The second-order valence-corrected chi connectivity index (χ2v) is 12.5. The van der Waals surface area contributed by atoms with Crippen molar-refractivity contribution >= 4 is 41.0 Å². The van der Waals surface area contributed by atoms with Gasteiger partial charge in [-0.2, -0.15) is 0 Å². The van der Waals surface area contributed by atoms with Crippen molar-refractivity contribution in [2.24, 2.45) is 11.8 Å². The Morgan fingerprint density at radius 1 is 1.17 bits per heavy atom. The number of rotatable bonds is 14. The molecule has 3 fully saturated rings. The summed E-state index contributed by atoms with van der Waals surface area (Å²) in [5, 5.41) is 13.7. The Morgan fingerprint density at radius 3 is 2.54 bits per heavy atom. The van der Waals surface area contributed by atoms with E-state index in [1.54, 1.807) is 43.3 Å². The van der Waals surface area contributed by atoms with Gasteiger partial charge in [0.05, 0.1) is 36.6 Å². The zero-order valence-electron chi connectivity index (χ0n) is 25.8. The molecule has 1 spiro atoms. The molecule has 3 heterocycles. The summed E-state index contributed by atoms with van der Waals surface area (Å²) in [4.78, 5) is 58.2. The lowest BCUT2D eigenvalue weighted by Crippen LogP contribution is -2.58. The van der Waals surface area contributed by atoms with Crippen molar-refractivity contribution in [3.63, 3.8) is 0 Å². The molecule has 3 amide bonds. The molecule has 244 valence electrons. The summed E-state index contributed by atoms with van der Waals surface area (Å²) in [5.74, 6) is -3.48. The number of anilines is 1. The number of likely N-dealkylation sites (tertiary alicyclic amines) is 1. The van der Waals surface area contributed by atoms with E-state index >= 15 is 0 Å². The number of aliphatic hydroxyl groups excluding tert-OH is 1. The zero-order valence-corrected chi connectivity index (χ0v) is 26.6. The summed E-state index contributed by atoms with van der Waals surface area (Å²) in [6.45, 7) is 8.80. The third kappa shape index (κ3) is 6.21. The van der Waals surface area contributed by atoms with Gasteiger partial charge in [0.25, 0.3) is 5.91 Å². The SMILES string of the molecule is C=CCCC(=O)OC[C@H](NC(=O)[C@@H]1[C@H]2C(=O)N([C@H](C)CO)[C@H](C(=O)N(CC=C)c3ccc(Cl)cc3)[C@]23CC[C@H]1O3)c1ccccc1. The van der Waals surface area contributed by atoms with Gasteiger partial charge in [-0.15, -0.1) is 13.2 Å². The van der Waals surface area contributed by atoms with Gasteiger partial charge < -0.3 is 29.7 Å². The van der Waals surface area contributed by atoms with E-state index in [9.17, 15) is 24.3 Å². The van der Waals surface area contributed by atoms with Crippen LogP contribution in [0.1, 0.15) is 44.2 Å². The first kappa shape index (κ1) is 33.4. The topological polar surface area (TPSA) is 125 Å². The van der Waals surface area contributed by atoms with Crippen LogP contribution in [0.2, 0.25) is 5.02 Å². The predicted molar refractivity (Wildman–Crippen MR) is 173 cm³/mol. The maximum Gasteiger partial charge on any atom is 0.306 e. The van der Waals surface area contributed by atoms with Crippen LogP contribution in [0, 0.1) is 11.8 Å². The average molecular weight is 650 g/mol. The predicted octanol–water partition coefficient (Wildman–Crippen LogP) is 3.98. The van der Waals surface area contributed by atoms with Crippen LogP contribution in [-0.2, 0) is 28.7 Å². The number of carbonyl (C=O) groups is 4. The molecule has 46 heavy (non-hydrogen) atoms. The number of fused-ring (bicyclic) bond motifs is 1. The first-order chi connectivity index (χ1) is 22.2. The second-order valence-electron chi connectivity index (χ2n) is 12.0. The van der Waals surface area contributed by atoms with Crippen molar-refractivity contribution in [3.05, 3.63) is 90.5 Å². The highest BCUT2D eigenvalue weighted by molar-refractivity contribution is 6.30. The molecule has 0 aliphatic carbocycles. The Balaban J connectivity index is 1.46. The maximum atomic E-state index is 14.5. The first-order valence-electron chi connectivity index (χ1n) is 15.6. The monoisotopic (exact) mass is 649 g/mol. The van der Waals surface area contributed by atoms with Gasteiger partial charge in [0.15, 0.2) is 0 Å². The van der Waals surface area contributed by atoms with Gasteiger partial charge in [-0.1, -0.05) is 54.1 Å². The number of esters is 1. The summed E-state index contributed by atoms with van der Waals surface area (Å²) >= 11 is 6.11. The van der Waals surface area contributed by atoms with Gasteiger partial charge in [-0.25, -0.2) is 0 Å². The maximum absolute atomic E-state index is 14.5. The Bertz CT molecular complexity index is 1470. The molecule has 2 aromatic rings. The first-order valence-corrected chi connectivity index (χ1v) is 15.9. The highest BCUT2D eigenvalue weighted by Gasteiger charge is 2.75. The van der Waals surface area contributed by atoms with E-state index in [4.69, 9.17) is 21.1 Å². The molecule has 11 heteroatoms. The van der Waals surface area contributed by atoms with Crippen LogP contribution in [0.3, 0.4) is 0 Å². The Morgan fingerprint density at radius 2 is 1.89 bits per heavy atom. The van der Waals surface area contributed by atoms with Gasteiger partial charge in [0.1, 0.15) is 18.2 Å². The molecule has 3 saturated heterocycles. The van der Waals surface area contributed by atoms with Crippen molar-refractivity contribution in [2.45, 2.75) is 62.4 Å². The lowest BCUT2D eigenvalue weighted by atomic mass is 9.70. The van der Waals surface area contributed by atoms with Gasteiger partial charge >= 0.3 is 5.97 Å². The quantitative estimate of drug-likeness (QED) is 0.234. The third-order valence-electron chi connectivity index (χ3n) is 9.21. The number of nitrogens with zero attached hydrogens (tertiary/aromatic N) is 2. The summed E-state index contributed by atoms with van der Waals surface area (Å²) in [7, 11) is 0. The second kappa shape index (κ2) is 14.2. The fourth-order valence-corrected chi connectivity index (χ4v) is 7.22. The summed E-state index contributed by atoms with van der Waals surface area (Å²) in [6.07, 6.45) is 4.15. The molecule has 2 N–H and O–H groups in total. The van der Waals surface area contributed by atoms with E-state index in [-0.39, 0.29) is 26.2 Å². The highest BCUT2D eigenvalue weighted by Crippen LogP contribution is 2.59. The molecule has 0 radical (unpaired) electrons. The lowest BCUT2D eigenvalue weighted by molar-refractivity contribution is -0.146. The number of allylic oxidation sites excluding steroid dienone is 1.